The molecule has 1 atom stereocenters. The van der Waals surface area contributed by atoms with Gasteiger partial charge in [-0.25, -0.2) is 0 Å². The maximum atomic E-state index is 11.1. The number of carboxylic acids is 1. The van der Waals surface area contributed by atoms with Gasteiger partial charge in [0.25, 0.3) is 0 Å². The van der Waals surface area contributed by atoms with E-state index in [-0.39, 0.29) is 5.92 Å². The number of aliphatic carboxylic acids is 1. The summed E-state index contributed by atoms with van der Waals surface area (Å²) in [7, 11) is 0. The number of hydrogen-bond donors (Lipinski definition) is 2. The van der Waals surface area contributed by atoms with Crippen LogP contribution in [0.2, 0.25) is 0 Å². The van der Waals surface area contributed by atoms with E-state index in [1.165, 1.54) is 5.56 Å². The Morgan fingerprint density at radius 1 is 1.30 bits per heavy atom. The first kappa shape index (κ1) is 17.1. The van der Waals surface area contributed by atoms with Crippen LogP contribution in [-0.4, -0.2) is 29.9 Å². The zero-order valence-electron chi connectivity index (χ0n) is 12.3. The third kappa shape index (κ3) is 7.56. The molecule has 0 aliphatic carbocycles. The smallest absolute Gasteiger partial charge is 0.307 e. The van der Waals surface area contributed by atoms with Gasteiger partial charge in [-0.1, -0.05) is 44.2 Å². The normalized spacial score (nSPS) is 12.6. The molecule has 0 aliphatic heterocycles. The molecule has 112 valence electrons. The van der Waals surface area contributed by atoms with E-state index in [1.807, 2.05) is 17.8 Å². The Balaban J connectivity index is 2.10. The van der Waals surface area contributed by atoms with E-state index in [0.29, 0.717) is 12.5 Å². The molecular formula is C16H25NO2S. The van der Waals surface area contributed by atoms with E-state index >= 15 is 0 Å². The lowest BCUT2D eigenvalue weighted by Crippen LogP contribution is -2.30. The summed E-state index contributed by atoms with van der Waals surface area (Å²) >= 11 is 1.87. The Hall–Kier alpha value is -1.00. The zero-order valence-corrected chi connectivity index (χ0v) is 13.2. The van der Waals surface area contributed by atoms with Gasteiger partial charge in [0.2, 0.25) is 0 Å². The standard InChI is InChI=1S/C16H25NO2S/c1-13(2)10-15(16(18)19)11-17-8-9-20-12-14-6-4-3-5-7-14/h3-7,13,15,17H,8-12H2,1-2H3,(H,18,19). The lowest BCUT2D eigenvalue weighted by molar-refractivity contribution is -0.142. The molecule has 0 saturated carbocycles. The predicted octanol–water partition coefficient (Wildman–Crippen LogP) is 3.26. The molecule has 1 rings (SSSR count). The molecular weight excluding hydrogens is 270 g/mol. The fraction of sp³-hybridized carbons (Fsp3) is 0.562. The number of benzene rings is 1. The topological polar surface area (TPSA) is 49.3 Å². The molecule has 1 unspecified atom stereocenters. The van der Waals surface area contributed by atoms with E-state index < -0.39 is 5.97 Å². The minimum Gasteiger partial charge on any atom is -0.481 e. The summed E-state index contributed by atoms with van der Waals surface area (Å²) in [5.41, 5.74) is 1.33. The molecule has 3 nitrogen and oxygen atoms in total. The van der Waals surface area contributed by atoms with Crippen LogP contribution < -0.4 is 5.32 Å². The fourth-order valence-corrected chi connectivity index (χ4v) is 2.89. The van der Waals surface area contributed by atoms with Crippen molar-refractivity contribution in [2.75, 3.05) is 18.8 Å². The molecule has 0 heterocycles. The van der Waals surface area contributed by atoms with E-state index in [9.17, 15) is 4.79 Å². The van der Waals surface area contributed by atoms with Gasteiger partial charge in [-0.2, -0.15) is 11.8 Å². The molecule has 4 heteroatoms. The maximum Gasteiger partial charge on any atom is 0.307 e. The number of carbonyl (C=O) groups is 1. The van der Waals surface area contributed by atoms with Crippen molar-refractivity contribution < 1.29 is 9.90 Å². The summed E-state index contributed by atoms with van der Waals surface area (Å²) in [6, 6.07) is 10.4. The van der Waals surface area contributed by atoms with Crippen molar-refractivity contribution in [3.05, 3.63) is 35.9 Å². The van der Waals surface area contributed by atoms with Gasteiger partial charge in [0.05, 0.1) is 5.92 Å². The van der Waals surface area contributed by atoms with Gasteiger partial charge in [-0.05, 0) is 17.9 Å². The predicted molar refractivity (Wildman–Crippen MR) is 86.1 cm³/mol. The minimum atomic E-state index is -0.692. The molecule has 0 aliphatic rings. The molecule has 1 aromatic rings. The molecule has 0 saturated heterocycles. The molecule has 20 heavy (non-hydrogen) atoms. The third-order valence-corrected chi connectivity index (χ3v) is 4.06. The lowest BCUT2D eigenvalue weighted by Gasteiger charge is -2.15. The average molecular weight is 295 g/mol. The van der Waals surface area contributed by atoms with Crippen molar-refractivity contribution in [2.45, 2.75) is 26.0 Å². The van der Waals surface area contributed by atoms with Gasteiger partial charge in [-0.15, -0.1) is 0 Å². The highest BCUT2D eigenvalue weighted by molar-refractivity contribution is 7.98. The van der Waals surface area contributed by atoms with Gasteiger partial charge in [-0.3, -0.25) is 4.79 Å². The summed E-state index contributed by atoms with van der Waals surface area (Å²) in [6.45, 7) is 5.55. The Morgan fingerprint density at radius 2 is 2.00 bits per heavy atom. The number of nitrogens with one attached hydrogen (secondary N) is 1. The number of carboxylic acid groups (broad SMARTS) is 1. The Kier molecular flexibility index (Phi) is 8.38. The summed E-state index contributed by atoms with van der Waals surface area (Å²) < 4.78 is 0. The first-order valence-electron chi connectivity index (χ1n) is 7.14. The summed E-state index contributed by atoms with van der Waals surface area (Å²) in [5, 5.41) is 12.4. The van der Waals surface area contributed by atoms with Crippen LogP contribution >= 0.6 is 11.8 Å². The van der Waals surface area contributed by atoms with Crippen LogP contribution in [0.25, 0.3) is 0 Å². The van der Waals surface area contributed by atoms with E-state index in [0.717, 1.165) is 24.5 Å². The quantitative estimate of drug-likeness (QED) is 0.651. The van der Waals surface area contributed by atoms with Crippen LogP contribution in [0.1, 0.15) is 25.8 Å². The molecule has 0 fully saturated rings. The van der Waals surface area contributed by atoms with Gasteiger partial charge < -0.3 is 10.4 Å². The van der Waals surface area contributed by atoms with Crippen molar-refractivity contribution in [3.8, 4) is 0 Å². The van der Waals surface area contributed by atoms with Crippen LogP contribution in [0.4, 0.5) is 0 Å². The van der Waals surface area contributed by atoms with Crippen LogP contribution in [0.15, 0.2) is 30.3 Å². The van der Waals surface area contributed by atoms with E-state index in [4.69, 9.17) is 5.11 Å². The average Bonchev–Trinajstić information content (AvgIpc) is 2.41. The summed E-state index contributed by atoms with van der Waals surface area (Å²) in [6.07, 6.45) is 0.736. The van der Waals surface area contributed by atoms with Crippen LogP contribution in [-0.2, 0) is 10.5 Å². The van der Waals surface area contributed by atoms with Crippen molar-refractivity contribution in [1.29, 1.82) is 0 Å². The highest BCUT2D eigenvalue weighted by atomic mass is 32.2. The van der Waals surface area contributed by atoms with Crippen molar-refractivity contribution >= 4 is 17.7 Å². The van der Waals surface area contributed by atoms with Crippen LogP contribution in [0.3, 0.4) is 0 Å². The molecule has 0 spiro atoms. The molecule has 2 N–H and O–H groups in total. The second-order valence-electron chi connectivity index (χ2n) is 5.41. The minimum absolute atomic E-state index is 0.269. The number of thioether (sulfide) groups is 1. The second kappa shape index (κ2) is 9.83. The zero-order chi connectivity index (χ0) is 14.8. The van der Waals surface area contributed by atoms with E-state index in [1.54, 1.807) is 0 Å². The fourth-order valence-electron chi connectivity index (χ4n) is 2.03. The molecule has 1 aromatic carbocycles. The SMILES string of the molecule is CC(C)CC(CNCCSCc1ccccc1)C(=O)O. The first-order chi connectivity index (χ1) is 9.59. The highest BCUT2D eigenvalue weighted by Crippen LogP contribution is 2.12. The molecule has 0 radical (unpaired) electrons. The van der Waals surface area contributed by atoms with Gasteiger partial charge in [0.15, 0.2) is 0 Å². The largest absolute Gasteiger partial charge is 0.481 e. The van der Waals surface area contributed by atoms with Gasteiger partial charge in [0, 0.05) is 24.6 Å². The first-order valence-corrected chi connectivity index (χ1v) is 8.30. The third-order valence-electron chi connectivity index (χ3n) is 3.03. The van der Waals surface area contributed by atoms with E-state index in [2.05, 4.69) is 43.4 Å². The molecule has 0 bridgehead atoms. The molecule has 0 amide bonds. The summed E-state index contributed by atoms with van der Waals surface area (Å²) in [5.74, 6) is 1.47. The Morgan fingerprint density at radius 3 is 2.60 bits per heavy atom. The highest BCUT2D eigenvalue weighted by Gasteiger charge is 2.17. The number of rotatable bonds is 10. The Bertz CT molecular complexity index is 381. The van der Waals surface area contributed by atoms with Gasteiger partial charge >= 0.3 is 5.97 Å². The molecule has 0 aromatic heterocycles. The lowest BCUT2D eigenvalue weighted by atomic mass is 9.97. The maximum absolute atomic E-state index is 11.1. The monoisotopic (exact) mass is 295 g/mol. The number of hydrogen-bond acceptors (Lipinski definition) is 3. The summed E-state index contributed by atoms with van der Waals surface area (Å²) in [4.78, 5) is 11.1. The van der Waals surface area contributed by atoms with Crippen molar-refractivity contribution in [3.63, 3.8) is 0 Å². The van der Waals surface area contributed by atoms with Crippen molar-refractivity contribution in [2.24, 2.45) is 11.8 Å². The van der Waals surface area contributed by atoms with Crippen LogP contribution in [0, 0.1) is 11.8 Å². The van der Waals surface area contributed by atoms with Crippen LogP contribution in [0.5, 0.6) is 0 Å². The Labute approximate surface area is 126 Å². The van der Waals surface area contributed by atoms with Crippen molar-refractivity contribution in [1.82, 2.24) is 5.32 Å². The second-order valence-corrected chi connectivity index (χ2v) is 6.51. The van der Waals surface area contributed by atoms with Gasteiger partial charge in [0.1, 0.15) is 0 Å².